The highest BCUT2D eigenvalue weighted by Crippen LogP contribution is 2.32. The van der Waals surface area contributed by atoms with Crippen molar-refractivity contribution in [2.75, 3.05) is 7.11 Å². The number of phenols is 1. The van der Waals surface area contributed by atoms with Crippen molar-refractivity contribution in [1.29, 1.82) is 0 Å². The predicted molar refractivity (Wildman–Crippen MR) is 100 cm³/mol. The first kappa shape index (κ1) is 16.0. The third-order valence-electron chi connectivity index (χ3n) is 4.32. The topological polar surface area (TPSA) is 71.6 Å². The average molecular weight is 347 g/mol. The van der Waals surface area contributed by atoms with Crippen LogP contribution in [0.1, 0.15) is 5.56 Å². The number of fused-ring (bicyclic) bond motifs is 2. The van der Waals surface area contributed by atoms with E-state index in [-0.39, 0.29) is 18.1 Å². The quantitative estimate of drug-likeness (QED) is 0.549. The molecule has 2 aromatic rings. The van der Waals surface area contributed by atoms with Crippen molar-refractivity contribution in [3.05, 3.63) is 76.5 Å². The second kappa shape index (κ2) is 6.44. The van der Waals surface area contributed by atoms with Gasteiger partial charge in [0.05, 0.1) is 18.4 Å². The summed E-state index contributed by atoms with van der Waals surface area (Å²) in [5.74, 6) is 0.476. The van der Waals surface area contributed by atoms with Crippen molar-refractivity contribution in [2.24, 2.45) is 0 Å². The van der Waals surface area contributed by atoms with Gasteiger partial charge in [-0.05, 0) is 29.8 Å². The number of pyridine rings is 1. The van der Waals surface area contributed by atoms with Crippen LogP contribution in [0, 0.1) is 0 Å². The van der Waals surface area contributed by atoms with Crippen LogP contribution in [0.4, 0.5) is 0 Å². The molecular formula is C21H17NO4. The molecule has 5 heteroatoms. The molecule has 0 unspecified atom stereocenters. The Labute approximate surface area is 149 Å². The molecule has 1 heterocycles. The van der Waals surface area contributed by atoms with Crippen molar-refractivity contribution in [3.63, 3.8) is 0 Å². The first-order valence-corrected chi connectivity index (χ1v) is 8.19. The zero-order chi connectivity index (χ0) is 18.1. The largest absolute Gasteiger partial charge is 0.502 e. The van der Waals surface area contributed by atoms with Gasteiger partial charge in [-0.25, -0.2) is 0 Å². The molecule has 2 N–H and O–H groups in total. The summed E-state index contributed by atoms with van der Waals surface area (Å²) in [6.07, 6.45) is 0. The van der Waals surface area contributed by atoms with Gasteiger partial charge < -0.3 is 19.6 Å². The molecule has 2 aliphatic rings. The highest BCUT2D eigenvalue weighted by molar-refractivity contribution is 5.87. The lowest BCUT2D eigenvalue weighted by Crippen LogP contribution is -2.09. The van der Waals surface area contributed by atoms with Crippen LogP contribution in [0.2, 0.25) is 0 Å². The zero-order valence-corrected chi connectivity index (χ0v) is 14.2. The van der Waals surface area contributed by atoms with Crippen LogP contribution >= 0.6 is 0 Å². The molecule has 2 aromatic carbocycles. The number of methoxy groups -OCH3 is 1. The summed E-state index contributed by atoms with van der Waals surface area (Å²) in [5.41, 5.74) is 2.35. The van der Waals surface area contributed by atoms with Gasteiger partial charge in [0.15, 0.2) is 5.75 Å². The Bertz CT molecular complexity index is 1100. The van der Waals surface area contributed by atoms with Crippen molar-refractivity contribution in [3.8, 4) is 28.5 Å². The Morgan fingerprint density at radius 1 is 1.04 bits per heavy atom. The number of H-pyrrole nitrogens is 1. The van der Waals surface area contributed by atoms with E-state index in [1.807, 2.05) is 48.5 Å². The fourth-order valence-electron chi connectivity index (χ4n) is 2.93. The molecule has 0 bridgehead atoms. The van der Waals surface area contributed by atoms with Crippen molar-refractivity contribution in [1.82, 2.24) is 4.98 Å². The average Bonchev–Trinajstić information content (AvgIpc) is 2.69. The van der Waals surface area contributed by atoms with Crippen LogP contribution < -0.4 is 14.9 Å². The number of ether oxygens (including phenoxy) is 2. The standard InChI is InChI=1S/C21H17NO4/c1-25-15-7-8-17-14(9-15)10-16-18(22-17)11-19(21(24)20(16)23)26-12-13-5-3-2-4-6-13/h2-11,22,24H,12H2,1H3. The van der Waals surface area contributed by atoms with Gasteiger partial charge in [0, 0.05) is 17.0 Å². The molecule has 0 atom stereocenters. The lowest BCUT2D eigenvalue weighted by Gasteiger charge is -2.13. The number of aromatic hydroxyl groups is 1. The first-order chi connectivity index (χ1) is 12.7. The molecule has 0 aromatic heterocycles. The zero-order valence-electron chi connectivity index (χ0n) is 14.2. The van der Waals surface area contributed by atoms with Crippen LogP contribution in [-0.2, 0) is 6.61 Å². The molecule has 0 radical (unpaired) electrons. The van der Waals surface area contributed by atoms with E-state index in [1.165, 1.54) is 0 Å². The number of rotatable bonds is 4. The Kier molecular flexibility index (Phi) is 3.97. The Morgan fingerprint density at radius 3 is 2.62 bits per heavy atom. The van der Waals surface area contributed by atoms with Crippen LogP contribution in [0.5, 0.6) is 17.2 Å². The first-order valence-electron chi connectivity index (χ1n) is 8.19. The summed E-state index contributed by atoms with van der Waals surface area (Å²) in [5, 5.41) is 11.1. The molecular weight excluding hydrogens is 330 g/mol. The smallest absolute Gasteiger partial charge is 0.233 e. The predicted octanol–water partition coefficient (Wildman–Crippen LogP) is 3.93. The maximum atomic E-state index is 12.6. The minimum atomic E-state index is -0.466. The summed E-state index contributed by atoms with van der Waals surface area (Å²) >= 11 is 0. The van der Waals surface area contributed by atoms with Gasteiger partial charge in [-0.3, -0.25) is 4.79 Å². The van der Waals surface area contributed by atoms with Crippen LogP contribution in [0.25, 0.3) is 22.2 Å². The number of hydrogen-bond donors (Lipinski definition) is 2. The Morgan fingerprint density at radius 2 is 1.85 bits per heavy atom. The van der Waals surface area contributed by atoms with Gasteiger partial charge in [0.2, 0.25) is 11.2 Å². The molecule has 0 saturated carbocycles. The fraction of sp³-hybridized carbons (Fsp3) is 0.0952. The van der Waals surface area contributed by atoms with E-state index < -0.39 is 5.43 Å². The molecule has 26 heavy (non-hydrogen) atoms. The Hall–Kier alpha value is -3.47. The number of nitrogens with one attached hydrogen (secondary N) is 1. The summed E-state index contributed by atoms with van der Waals surface area (Å²) in [7, 11) is 1.59. The van der Waals surface area contributed by atoms with E-state index in [0.29, 0.717) is 17.0 Å². The van der Waals surface area contributed by atoms with Gasteiger partial charge in [0.25, 0.3) is 0 Å². The molecule has 0 amide bonds. The van der Waals surface area contributed by atoms with Gasteiger partial charge in [0.1, 0.15) is 12.4 Å². The Balaban J connectivity index is 1.78. The number of hydrogen-bond acceptors (Lipinski definition) is 4. The lowest BCUT2D eigenvalue weighted by atomic mass is 10.0. The minimum Gasteiger partial charge on any atom is -0.502 e. The second-order valence-corrected chi connectivity index (χ2v) is 6.01. The summed E-state index contributed by atoms with van der Waals surface area (Å²) < 4.78 is 10.9. The van der Waals surface area contributed by atoms with Gasteiger partial charge >= 0.3 is 0 Å². The monoisotopic (exact) mass is 347 g/mol. The molecule has 0 fully saturated rings. The van der Waals surface area contributed by atoms with Gasteiger partial charge in [-0.1, -0.05) is 30.3 Å². The molecule has 0 spiro atoms. The van der Waals surface area contributed by atoms with E-state index in [2.05, 4.69) is 4.98 Å². The molecule has 5 nitrogen and oxygen atoms in total. The maximum Gasteiger partial charge on any atom is 0.233 e. The lowest BCUT2D eigenvalue weighted by molar-refractivity contribution is 0.288. The highest BCUT2D eigenvalue weighted by atomic mass is 16.5. The van der Waals surface area contributed by atoms with Crippen molar-refractivity contribution in [2.45, 2.75) is 6.61 Å². The maximum absolute atomic E-state index is 12.6. The third kappa shape index (κ3) is 2.84. The molecule has 130 valence electrons. The van der Waals surface area contributed by atoms with Crippen molar-refractivity contribution >= 4 is 10.9 Å². The number of aromatic amines is 1. The van der Waals surface area contributed by atoms with E-state index in [9.17, 15) is 9.90 Å². The number of benzene rings is 3. The van der Waals surface area contributed by atoms with Crippen molar-refractivity contribution < 1.29 is 14.6 Å². The van der Waals surface area contributed by atoms with E-state index in [1.54, 1.807) is 19.2 Å². The van der Waals surface area contributed by atoms with Crippen LogP contribution in [-0.4, -0.2) is 17.2 Å². The normalized spacial score (nSPS) is 11.0. The van der Waals surface area contributed by atoms with Gasteiger partial charge in [-0.2, -0.15) is 0 Å². The summed E-state index contributed by atoms with van der Waals surface area (Å²) in [6.45, 7) is 0.268. The van der Waals surface area contributed by atoms with E-state index in [0.717, 1.165) is 16.5 Å². The number of phenolic OH excluding ortho intramolecular Hbond substituents is 1. The summed E-state index contributed by atoms with van der Waals surface area (Å²) in [6, 6.07) is 18.5. The number of aromatic nitrogens is 1. The van der Waals surface area contributed by atoms with Crippen LogP contribution in [0.3, 0.4) is 0 Å². The molecule has 1 aliphatic carbocycles. The second-order valence-electron chi connectivity index (χ2n) is 6.01. The minimum absolute atomic E-state index is 0.162. The van der Waals surface area contributed by atoms with E-state index in [4.69, 9.17) is 9.47 Å². The van der Waals surface area contributed by atoms with E-state index >= 15 is 0 Å². The van der Waals surface area contributed by atoms with Crippen LogP contribution in [0.15, 0.2) is 65.5 Å². The summed E-state index contributed by atoms with van der Waals surface area (Å²) in [4.78, 5) is 15.8. The fourth-order valence-corrected chi connectivity index (χ4v) is 2.93. The SMILES string of the molecule is COc1ccc2[nH]c3cc(OCc4ccccc4)c(O)c(=O)c-3cc2c1. The van der Waals surface area contributed by atoms with Gasteiger partial charge in [-0.15, -0.1) is 0 Å². The highest BCUT2D eigenvalue weighted by Gasteiger charge is 2.17. The molecule has 0 saturated heterocycles. The third-order valence-corrected chi connectivity index (χ3v) is 4.32. The molecule has 4 rings (SSSR count). The molecule has 1 aliphatic heterocycles.